The molecule has 1 heterocycles. The molecule has 0 aliphatic rings. The van der Waals surface area contributed by atoms with E-state index in [0.29, 0.717) is 30.0 Å². The lowest BCUT2D eigenvalue weighted by atomic mass is 10.1. The van der Waals surface area contributed by atoms with Crippen molar-refractivity contribution < 1.29 is 4.74 Å². The van der Waals surface area contributed by atoms with Crippen molar-refractivity contribution in [3.05, 3.63) is 46.4 Å². The number of ether oxygens (including phenoxy) is 1. The van der Waals surface area contributed by atoms with E-state index >= 15 is 0 Å². The number of nitrogens with one attached hydrogen (secondary N) is 1. The van der Waals surface area contributed by atoms with Crippen LogP contribution in [0.4, 0.5) is 11.5 Å². The third-order valence-electron chi connectivity index (χ3n) is 2.67. The summed E-state index contributed by atoms with van der Waals surface area (Å²) < 4.78 is 5.31. The quantitative estimate of drug-likeness (QED) is 0.845. The van der Waals surface area contributed by atoms with Crippen molar-refractivity contribution in [1.82, 2.24) is 9.97 Å². The summed E-state index contributed by atoms with van der Waals surface area (Å²) in [4.78, 5) is 8.53. The summed E-state index contributed by atoms with van der Waals surface area (Å²) in [6.45, 7) is 7.03. The highest BCUT2D eigenvalue weighted by Gasteiger charge is 2.04. The van der Waals surface area contributed by atoms with Crippen LogP contribution >= 0.6 is 11.6 Å². The maximum atomic E-state index is 6.01. The Labute approximate surface area is 124 Å². The van der Waals surface area contributed by atoms with Crippen molar-refractivity contribution in [2.75, 3.05) is 11.9 Å². The predicted octanol–water partition coefficient (Wildman–Crippen LogP) is 4.03. The topological polar surface area (TPSA) is 47.0 Å². The molecule has 0 unspecified atom stereocenters. The van der Waals surface area contributed by atoms with E-state index in [2.05, 4.69) is 47.3 Å². The van der Waals surface area contributed by atoms with Gasteiger partial charge in [-0.15, -0.1) is 0 Å². The number of halogens is 1. The Morgan fingerprint density at radius 1 is 1.10 bits per heavy atom. The number of benzene rings is 1. The second-order valence-electron chi connectivity index (χ2n) is 4.63. The molecule has 0 amide bonds. The zero-order chi connectivity index (χ0) is 14.5. The summed E-state index contributed by atoms with van der Waals surface area (Å²) in [5.74, 6) is 1.25. The lowest BCUT2D eigenvalue weighted by molar-refractivity contribution is 0.128. The first-order chi connectivity index (χ1) is 9.56. The summed E-state index contributed by atoms with van der Waals surface area (Å²) in [6, 6.07) is 7.95. The average Bonchev–Trinajstić information content (AvgIpc) is 2.34. The van der Waals surface area contributed by atoms with Gasteiger partial charge in [0.15, 0.2) is 5.82 Å². The lowest BCUT2D eigenvalue weighted by Gasteiger charge is -2.09. The number of aryl methyl sites for hydroxylation is 2. The maximum Gasteiger partial charge on any atom is 0.158 e. The van der Waals surface area contributed by atoms with Gasteiger partial charge in [-0.2, -0.15) is 0 Å². The highest BCUT2D eigenvalue weighted by molar-refractivity contribution is 6.29. The molecule has 1 aromatic carbocycles. The molecule has 2 aromatic rings. The van der Waals surface area contributed by atoms with Crippen molar-refractivity contribution in [2.45, 2.75) is 27.4 Å². The molecular weight excluding hydrogens is 274 g/mol. The van der Waals surface area contributed by atoms with Gasteiger partial charge in [0.2, 0.25) is 0 Å². The van der Waals surface area contributed by atoms with Crippen LogP contribution in [0.3, 0.4) is 0 Å². The van der Waals surface area contributed by atoms with Crippen molar-refractivity contribution >= 4 is 23.1 Å². The molecule has 0 fully saturated rings. The number of hydrogen-bond acceptors (Lipinski definition) is 4. The molecular formula is C15H18ClN3O. The summed E-state index contributed by atoms with van der Waals surface area (Å²) in [7, 11) is 0. The molecule has 1 aromatic heterocycles. The monoisotopic (exact) mass is 291 g/mol. The van der Waals surface area contributed by atoms with Gasteiger partial charge < -0.3 is 10.1 Å². The molecule has 0 saturated heterocycles. The number of rotatable bonds is 5. The Morgan fingerprint density at radius 3 is 2.45 bits per heavy atom. The van der Waals surface area contributed by atoms with Gasteiger partial charge in [-0.1, -0.05) is 17.7 Å². The number of anilines is 2. The van der Waals surface area contributed by atoms with Gasteiger partial charge in [-0.25, -0.2) is 9.97 Å². The number of aromatic nitrogens is 2. The van der Waals surface area contributed by atoms with Gasteiger partial charge in [0.1, 0.15) is 17.6 Å². The first kappa shape index (κ1) is 14.8. The molecule has 2 rings (SSSR count). The van der Waals surface area contributed by atoms with E-state index < -0.39 is 0 Å². The van der Waals surface area contributed by atoms with E-state index in [9.17, 15) is 0 Å². The van der Waals surface area contributed by atoms with Gasteiger partial charge >= 0.3 is 0 Å². The van der Waals surface area contributed by atoms with E-state index in [1.165, 1.54) is 11.1 Å². The minimum atomic E-state index is 0.360. The van der Waals surface area contributed by atoms with E-state index in [1.54, 1.807) is 6.07 Å². The van der Waals surface area contributed by atoms with Crippen LogP contribution in [0.25, 0.3) is 0 Å². The smallest absolute Gasteiger partial charge is 0.158 e. The molecule has 5 heteroatoms. The second kappa shape index (κ2) is 6.68. The fourth-order valence-corrected chi connectivity index (χ4v) is 2.18. The molecule has 1 N–H and O–H groups in total. The Balaban J connectivity index is 2.21. The molecule has 106 valence electrons. The minimum Gasteiger partial charge on any atom is -0.374 e. The summed E-state index contributed by atoms with van der Waals surface area (Å²) in [5.41, 5.74) is 3.38. The van der Waals surface area contributed by atoms with E-state index in [1.807, 2.05) is 6.92 Å². The van der Waals surface area contributed by atoms with Crippen LogP contribution in [-0.2, 0) is 11.3 Å². The van der Waals surface area contributed by atoms with Crippen molar-refractivity contribution in [3.8, 4) is 0 Å². The molecule has 20 heavy (non-hydrogen) atoms. The largest absolute Gasteiger partial charge is 0.374 e. The zero-order valence-electron chi connectivity index (χ0n) is 11.9. The maximum absolute atomic E-state index is 6.01. The van der Waals surface area contributed by atoms with Crippen molar-refractivity contribution in [1.29, 1.82) is 0 Å². The Morgan fingerprint density at radius 2 is 1.80 bits per heavy atom. The molecule has 0 aliphatic carbocycles. The van der Waals surface area contributed by atoms with Gasteiger partial charge in [-0.3, -0.25) is 0 Å². The molecule has 0 spiro atoms. The molecule has 0 aliphatic heterocycles. The number of hydrogen-bond donors (Lipinski definition) is 1. The first-order valence-corrected chi connectivity index (χ1v) is 6.91. The van der Waals surface area contributed by atoms with Crippen LogP contribution in [0.1, 0.15) is 23.9 Å². The molecule has 0 radical (unpaired) electrons. The van der Waals surface area contributed by atoms with Crippen LogP contribution in [0.5, 0.6) is 0 Å². The molecule has 0 bridgehead atoms. The van der Waals surface area contributed by atoms with E-state index in [0.717, 1.165) is 5.69 Å². The second-order valence-corrected chi connectivity index (χ2v) is 5.02. The summed E-state index contributed by atoms with van der Waals surface area (Å²) in [6.07, 6.45) is 0. The summed E-state index contributed by atoms with van der Waals surface area (Å²) >= 11 is 6.01. The van der Waals surface area contributed by atoms with Crippen LogP contribution < -0.4 is 5.32 Å². The normalized spacial score (nSPS) is 10.6. The average molecular weight is 292 g/mol. The fourth-order valence-electron chi connectivity index (χ4n) is 1.98. The van der Waals surface area contributed by atoms with Crippen LogP contribution in [0, 0.1) is 13.8 Å². The van der Waals surface area contributed by atoms with E-state index in [-0.39, 0.29) is 0 Å². The first-order valence-electron chi connectivity index (χ1n) is 6.53. The SMILES string of the molecule is CCOCc1nc(Cl)cc(Nc2cc(C)cc(C)c2)n1. The fraction of sp³-hybridized carbons (Fsp3) is 0.333. The van der Waals surface area contributed by atoms with E-state index in [4.69, 9.17) is 16.3 Å². The number of nitrogens with zero attached hydrogens (tertiary/aromatic N) is 2. The third-order valence-corrected chi connectivity index (χ3v) is 2.86. The molecule has 0 saturated carbocycles. The van der Waals surface area contributed by atoms with Crippen LogP contribution in [-0.4, -0.2) is 16.6 Å². The van der Waals surface area contributed by atoms with Gasteiger partial charge in [-0.05, 0) is 44.0 Å². The Kier molecular flexibility index (Phi) is 4.93. The minimum absolute atomic E-state index is 0.360. The Bertz CT molecular complexity index is 581. The zero-order valence-corrected chi connectivity index (χ0v) is 12.7. The molecule has 0 atom stereocenters. The highest BCUT2D eigenvalue weighted by atomic mass is 35.5. The summed E-state index contributed by atoms with van der Waals surface area (Å²) in [5, 5.41) is 3.66. The lowest BCUT2D eigenvalue weighted by Crippen LogP contribution is -2.03. The van der Waals surface area contributed by atoms with Gasteiger partial charge in [0.05, 0.1) is 0 Å². The van der Waals surface area contributed by atoms with Gasteiger partial charge in [0, 0.05) is 18.4 Å². The third kappa shape index (κ3) is 4.18. The Hall–Kier alpha value is -1.65. The van der Waals surface area contributed by atoms with Crippen LogP contribution in [0.2, 0.25) is 5.15 Å². The standard InChI is InChI=1S/C15H18ClN3O/c1-4-20-9-15-18-13(16)8-14(19-15)17-12-6-10(2)5-11(3)7-12/h5-8H,4,9H2,1-3H3,(H,17,18,19). The predicted molar refractivity (Wildman–Crippen MR) is 81.6 cm³/mol. The van der Waals surface area contributed by atoms with Gasteiger partial charge in [0.25, 0.3) is 0 Å². The molecule has 4 nitrogen and oxygen atoms in total. The highest BCUT2D eigenvalue weighted by Crippen LogP contribution is 2.20. The van der Waals surface area contributed by atoms with Crippen LogP contribution in [0.15, 0.2) is 24.3 Å². The van der Waals surface area contributed by atoms with Crippen molar-refractivity contribution in [2.24, 2.45) is 0 Å². The van der Waals surface area contributed by atoms with Crippen molar-refractivity contribution in [3.63, 3.8) is 0 Å².